The van der Waals surface area contributed by atoms with Crippen LogP contribution in [-0.2, 0) is 0 Å². The van der Waals surface area contributed by atoms with Crippen LogP contribution in [-0.4, -0.2) is 26.5 Å². The van der Waals surface area contributed by atoms with E-state index in [-0.39, 0.29) is 6.42 Å². The fraction of sp³-hybridized carbons (Fsp3) is 0.800. The summed E-state index contributed by atoms with van der Waals surface area (Å²) in [4.78, 5) is 20.9. The zero-order valence-electron chi connectivity index (χ0n) is 6.91. The van der Waals surface area contributed by atoms with Gasteiger partial charge in [-0.1, -0.05) is 11.7 Å². The second-order valence-corrected chi connectivity index (χ2v) is 2.31. The van der Waals surface area contributed by atoms with Crippen LogP contribution in [0.1, 0.15) is 19.8 Å². The molecule has 0 aliphatic carbocycles. The van der Waals surface area contributed by atoms with Crippen molar-refractivity contribution in [1.29, 1.82) is 0 Å². The Morgan fingerprint density at radius 2 is 2.08 bits per heavy atom. The average Bonchev–Trinajstić information content (AvgIpc) is 2.03. The predicted molar refractivity (Wildman–Crippen MR) is 41.3 cm³/mol. The van der Waals surface area contributed by atoms with Gasteiger partial charge in [0.05, 0.1) is 0 Å². The zero-order valence-corrected chi connectivity index (χ0v) is 6.91. The molecule has 13 heavy (non-hydrogen) atoms. The Morgan fingerprint density at radius 1 is 1.54 bits per heavy atom. The number of nitrogens with zero attached hydrogens (tertiary/aromatic N) is 4. The predicted octanol–water partition coefficient (Wildman–Crippen LogP) is 0.337. The number of amidine groups is 1. The van der Waals surface area contributed by atoms with Crippen LogP contribution in [0.5, 0.6) is 0 Å². The van der Waals surface area contributed by atoms with Crippen molar-refractivity contribution in [2.24, 2.45) is 0 Å². The second kappa shape index (κ2) is 4.94. The first-order valence-electron chi connectivity index (χ1n) is 3.54. The van der Waals surface area contributed by atoms with Crippen LogP contribution in [0.4, 0.5) is 0 Å². The van der Waals surface area contributed by atoms with Crippen LogP contribution >= 0.6 is 0 Å². The lowest BCUT2D eigenvalue weighted by Crippen LogP contribution is -2.35. The number of nitro groups is 2. The van der Waals surface area contributed by atoms with E-state index < -0.39 is 21.7 Å². The summed E-state index contributed by atoms with van der Waals surface area (Å²) in [6, 6.07) is -1.54. The lowest BCUT2D eigenvalue weighted by atomic mass is 10.1. The molecule has 0 rings (SSSR count). The maximum Gasteiger partial charge on any atom is 0.652 e. The van der Waals surface area contributed by atoms with Crippen LogP contribution in [0.3, 0.4) is 0 Å². The third kappa shape index (κ3) is 2.96. The second-order valence-electron chi connectivity index (χ2n) is 2.31. The smallest absolute Gasteiger partial charge is 0.354 e. The quantitative estimate of drug-likeness (QED) is 0.157. The molecule has 0 saturated heterocycles. The van der Waals surface area contributed by atoms with Crippen molar-refractivity contribution >= 4 is 5.84 Å². The van der Waals surface area contributed by atoms with Crippen molar-refractivity contribution < 1.29 is 14.6 Å². The number of hydrogen-bond donors (Lipinski definition) is 0. The molecule has 72 valence electrons. The summed E-state index contributed by atoms with van der Waals surface area (Å²) in [5.74, 6) is -1.02. The largest absolute Gasteiger partial charge is 0.652 e. The van der Waals surface area contributed by atoms with Crippen LogP contribution < -0.4 is 0 Å². The topological polar surface area (TPSA) is 123 Å². The monoisotopic (exact) mass is 188 g/mol. The molecule has 1 unspecified atom stereocenters. The first-order chi connectivity index (χ1) is 6.04. The Morgan fingerprint density at radius 3 is 2.31 bits per heavy atom. The van der Waals surface area contributed by atoms with E-state index in [2.05, 4.69) is 4.79 Å². The Bertz CT molecular complexity index is 270. The highest BCUT2D eigenvalue weighted by molar-refractivity contribution is 5.72. The van der Waals surface area contributed by atoms with E-state index in [4.69, 9.17) is 5.53 Å². The standard InChI is InChI=1S/C5H8N4O4/c1-2-3-4(8(10)11)5(7-6)9(12)13/h4H,2-3H2,1H3. The van der Waals surface area contributed by atoms with Gasteiger partial charge in [-0.15, -0.1) is 0 Å². The van der Waals surface area contributed by atoms with E-state index >= 15 is 0 Å². The third-order valence-corrected chi connectivity index (χ3v) is 1.40. The molecule has 0 N–H and O–H groups in total. The molecular formula is C5H8N4O4. The summed E-state index contributed by atoms with van der Waals surface area (Å²) in [7, 11) is 0. The molecule has 0 aliphatic rings. The van der Waals surface area contributed by atoms with Gasteiger partial charge in [0.25, 0.3) is 0 Å². The molecule has 0 saturated carbocycles. The third-order valence-electron chi connectivity index (χ3n) is 1.40. The van der Waals surface area contributed by atoms with Crippen LogP contribution in [0.25, 0.3) is 5.53 Å². The minimum Gasteiger partial charge on any atom is -0.354 e. The van der Waals surface area contributed by atoms with Gasteiger partial charge in [-0.2, -0.15) is 0 Å². The fourth-order valence-corrected chi connectivity index (χ4v) is 0.827. The highest BCUT2D eigenvalue weighted by Crippen LogP contribution is 2.02. The normalized spacial score (nSPS) is 11.5. The first kappa shape index (κ1) is 11.2. The Hall–Kier alpha value is -1.82. The van der Waals surface area contributed by atoms with Gasteiger partial charge in [0.1, 0.15) is 4.92 Å². The maximum atomic E-state index is 10.3. The summed E-state index contributed by atoms with van der Waals surface area (Å²) in [5, 5.41) is 20.5. The molecular weight excluding hydrogens is 180 g/mol. The molecule has 0 aromatic carbocycles. The minimum absolute atomic E-state index is 0.0205. The molecule has 8 nitrogen and oxygen atoms in total. The summed E-state index contributed by atoms with van der Waals surface area (Å²) >= 11 is 0. The van der Waals surface area contributed by atoms with Crippen molar-refractivity contribution in [3.8, 4) is 0 Å². The van der Waals surface area contributed by atoms with Crippen LogP contribution in [0.2, 0.25) is 0 Å². The van der Waals surface area contributed by atoms with Crippen molar-refractivity contribution in [3.05, 3.63) is 25.8 Å². The molecule has 0 spiro atoms. The fourth-order valence-electron chi connectivity index (χ4n) is 0.827. The summed E-state index contributed by atoms with van der Waals surface area (Å²) in [5.41, 5.74) is 8.18. The number of hydrogen-bond acceptors (Lipinski definition) is 4. The zero-order chi connectivity index (χ0) is 10.4. The molecule has 0 amide bonds. The average molecular weight is 188 g/mol. The van der Waals surface area contributed by atoms with Gasteiger partial charge in [-0.05, 0) is 6.42 Å². The molecule has 1 atom stereocenters. The van der Waals surface area contributed by atoms with Gasteiger partial charge in [0.15, 0.2) is 0 Å². The highest BCUT2D eigenvalue weighted by Gasteiger charge is 2.45. The lowest BCUT2D eigenvalue weighted by Gasteiger charge is -1.96. The van der Waals surface area contributed by atoms with Crippen molar-refractivity contribution in [2.45, 2.75) is 25.8 Å². The van der Waals surface area contributed by atoms with Gasteiger partial charge in [-0.3, -0.25) is 20.2 Å². The first-order valence-corrected chi connectivity index (χ1v) is 3.54. The van der Waals surface area contributed by atoms with Crippen molar-refractivity contribution in [3.63, 3.8) is 0 Å². The molecule has 0 heterocycles. The Kier molecular flexibility index (Phi) is 4.25. The summed E-state index contributed by atoms with van der Waals surface area (Å²) in [6.07, 6.45) is 0.381. The van der Waals surface area contributed by atoms with Crippen LogP contribution in [0.15, 0.2) is 0 Å². The van der Waals surface area contributed by atoms with Gasteiger partial charge >= 0.3 is 11.9 Å². The van der Waals surface area contributed by atoms with Gasteiger partial charge < -0.3 is 5.53 Å². The SMILES string of the molecule is CCCC(C(=[N+]=[N-])[N+](=O)[O-])[N+](=O)[O-]. The van der Waals surface area contributed by atoms with E-state index in [0.29, 0.717) is 6.42 Å². The molecule has 0 radical (unpaired) electrons. The van der Waals surface area contributed by atoms with E-state index in [9.17, 15) is 20.2 Å². The molecule has 0 aromatic rings. The maximum absolute atomic E-state index is 10.3. The summed E-state index contributed by atoms with van der Waals surface area (Å²) in [6.45, 7) is 1.64. The van der Waals surface area contributed by atoms with Crippen LogP contribution in [0, 0.1) is 20.2 Å². The number of rotatable bonds is 4. The highest BCUT2D eigenvalue weighted by atomic mass is 16.6. The van der Waals surface area contributed by atoms with E-state index in [1.807, 2.05) is 0 Å². The molecule has 0 fully saturated rings. The Balaban J connectivity index is 4.81. The Labute approximate surface area is 73.1 Å². The van der Waals surface area contributed by atoms with Gasteiger partial charge in [-0.25, -0.2) is 0 Å². The minimum atomic E-state index is -1.54. The van der Waals surface area contributed by atoms with Gasteiger partial charge in [0, 0.05) is 11.3 Å². The molecule has 0 aromatic heterocycles. The molecule has 8 heteroatoms. The molecule has 0 bridgehead atoms. The summed E-state index contributed by atoms with van der Waals surface area (Å²) < 4.78 is 0. The van der Waals surface area contributed by atoms with E-state index in [1.165, 1.54) is 0 Å². The molecule has 0 aliphatic heterocycles. The van der Waals surface area contributed by atoms with Gasteiger partial charge in [0.2, 0.25) is 0 Å². The lowest BCUT2D eigenvalue weighted by molar-refractivity contribution is -0.531. The van der Waals surface area contributed by atoms with Crippen molar-refractivity contribution in [1.82, 2.24) is 0 Å². The van der Waals surface area contributed by atoms with Crippen molar-refractivity contribution in [2.75, 3.05) is 0 Å². The van der Waals surface area contributed by atoms with E-state index in [0.717, 1.165) is 0 Å². The van der Waals surface area contributed by atoms with E-state index in [1.54, 1.807) is 6.92 Å².